The SMILES string of the molecule is C=C(CCC1=C(CN2CCN(c3ccc(C(=O)NS(=O)(=O)c4ccc(N[C@H](CCN5CCN(CCCCCOc6cc(-c7scnc7C)ccc6C(C)NC(=O)[C@@H]6C[C@@H](O)CN6C(=O)[C@@H](NC(=O)C6(F)CC6)C(C)(C)C)CC5)CSc5ccccc5)c(S(=O)(=O)C(F)(F)F)c4)cc3)CC2)CCC(C)(C)C1)C(F)F. The highest BCUT2D eigenvalue weighted by Gasteiger charge is 2.54. The number of piperazine rings is 2. The fraction of sp³-hybridized carbons (Fsp3) is 0.551. The van der Waals surface area contributed by atoms with Crippen LogP contribution in [0.1, 0.15) is 146 Å². The van der Waals surface area contributed by atoms with Gasteiger partial charge in [0.05, 0.1) is 45.4 Å². The number of carbonyl (C=O) groups excluding carboxylic acids is 4. The van der Waals surface area contributed by atoms with Crippen molar-refractivity contribution < 1.29 is 72.2 Å². The molecule has 5 N–H and O–H groups in total. The summed E-state index contributed by atoms with van der Waals surface area (Å²) in [6.07, 6.45) is 2.90. The minimum absolute atomic E-state index is 0.0291. The van der Waals surface area contributed by atoms with Gasteiger partial charge in [0.15, 0.2) is 5.67 Å². The van der Waals surface area contributed by atoms with Gasteiger partial charge in [-0.15, -0.1) is 23.1 Å². The topological polar surface area (TPSA) is 243 Å². The van der Waals surface area contributed by atoms with Crippen LogP contribution in [0.5, 0.6) is 5.75 Å². The van der Waals surface area contributed by atoms with Crippen LogP contribution in [0.4, 0.5) is 37.7 Å². The van der Waals surface area contributed by atoms with Gasteiger partial charge in [-0.1, -0.05) is 82.7 Å². The summed E-state index contributed by atoms with van der Waals surface area (Å²) >= 11 is 2.91. The number of benzene rings is 4. The van der Waals surface area contributed by atoms with Crippen molar-refractivity contribution in [3.63, 3.8) is 0 Å². The number of aromatic nitrogens is 1. The molecular weight excluding hydrogens is 1480 g/mol. The number of hydrogen-bond donors (Lipinski definition) is 5. The number of aliphatic hydroxyl groups is 1. The summed E-state index contributed by atoms with van der Waals surface area (Å²) in [6, 6.07) is 20.2. The molecule has 0 spiro atoms. The number of thioether (sulfide) groups is 1. The van der Waals surface area contributed by atoms with Crippen LogP contribution in [-0.2, 0) is 34.2 Å². The molecule has 4 fully saturated rings. The first-order chi connectivity index (χ1) is 51.0. The van der Waals surface area contributed by atoms with Crippen molar-refractivity contribution in [1.82, 2.24) is 39.9 Å². The molecule has 2 aliphatic carbocycles. The second kappa shape index (κ2) is 35.5. The Morgan fingerprint density at radius 3 is 2.14 bits per heavy atom. The predicted octanol–water partition coefficient (Wildman–Crippen LogP) is 12.8. The molecule has 20 nitrogen and oxygen atoms in total. The van der Waals surface area contributed by atoms with E-state index in [-0.39, 0.29) is 48.8 Å². The summed E-state index contributed by atoms with van der Waals surface area (Å²) < 4.78 is 148. The molecule has 1 aromatic heterocycles. The molecule has 590 valence electrons. The Balaban J connectivity index is 0.715. The lowest BCUT2D eigenvalue weighted by molar-refractivity contribution is -0.145. The van der Waals surface area contributed by atoms with E-state index in [1.54, 1.807) is 38.4 Å². The quantitative estimate of drug-likeness (QED) is 0.0113. The predicted molar refractivity (Wildman–Crippen MR) is 409 cm³/mol. The maximum absolute atomic E-state index is 14.8. The van der Waals surface area contributed by atoms with Gasteiger partial charge >= 0.3 is 5.51 Å². The third kappa shape index (κ3) is 21.7. The monoisotopic (exact) mass is 1580 g/mol. The molecule has 1 unspecified atom stereocenters. The normalized spacial score (nSPS) is 19.7. The van der Waals surface area contributed by atoms with Crippen molar-refractivity contribution in [3.8, 4) is 16.2 Å². The summed E-state index contributed by atoms with van der Waals surface area (Å²) in [5, 5.41) is 19.5. The van der Waals surface area contributed by atoms with Gasteiger partial charge in [0, 0.05) is 112 Å². The van der Waals surface area contributed by atoms with Crippen LogP contribution < -0.4 is 30.3 Å². The van der Waals surface area contributed by atoms with E-state index in [1.807, 2.05) is 67.1 Å². The fourth-order valence-corrected chi connectivity index (χ4v) is 18.1. The molecule has 5 aromatic rings. The Labute approximate surface area is 639 Å². The first-order valence-corrected chi connectivity index (χ1v) is 41.9. The smallest absolute Gasteiger partial charge is 0.493 e. The number of sulfonamides is 1. The number of carbonyl (C=O) groups is 4. The van der Waals surface area contributed by atoms with Crippen molar-refractivity contribution >= 4 is 78.0 Å². The highest BCUT2D eigenvalue weighted by Crippen LogP contribution is 2.44. The number of nitrogens with zero attached hydrogens (tertiary/aromatic N) is 6. The van der Waals surface area contributed by atoms with E-state index in [0.29, 0.717) is 94.8 Å². The average molecular weight is 1580 g/mol. The number of hydrogen-bond acceptors (Lipinski definition) is 18. The van der Waals surface area contributed by atoms with Gasteiger partial charge in [-0.3, -0.25) is 24.1 Å². The van der Waals surface area contributed by atoms with E-state index >= 15 is 0 Å². The van der Waals surface area contributed by atoms with E-state index in [4.69, 9.17) is 4.74 Å². The number of likely N-dealkylation sites (tertiary alicyclic amines) is 1. The van der Waals surface area contributed by atoms with Crippen molar-refractivity contribution in [1.29, 1.82) is 0 Å². The van der Waals surface area contributed by atoms with Gasteiger partial charge in [0.2, 0.25) is 11.8 Å². The van der Waals surface area contributed by atoms with Crippen LogP contribution in [0, 0.1) is 17.8 Å². The Hall–Kier alpha value is -7.06. The van der Waals surface area contributed by atoms with Gasteiger partial charge in [-0.2, -0.15) is 13.2 Å². The molecule has 0 bridgehead atoms. The molecule has 108 heavy (non-hydrogen) atoms. The van der Waals surface area contributed by atoms with Gasteiger partial charge in [0.1, 0.15) is 22.7 Å². The van der Waals surface area contributed by atoms with Gasteiger partial charge in [0.25, 0.3) is 38.1 Å². The molecule has 30 heteroatoms. The maximum atomic E-state index is 14.8. The Morgan fingerprint density at radius 1 is 0.824 bits per heavy atom. The van der Waals surface area contributed by atoms with Gasteiger partial charge in [-0.05, 0) is 174 Å². The number of aliphatic hydroxyl groups excluding tert-OH is 1. The number of ether oxygens (including phenoxy) is 1. The van der Waals surface area contributed by atoms with E-state index in [0.717, 1.165) is 97.1 Å². The highest BCUT2D eigenvalue weighted by atomic mass is 32.2. The lowest BCUT2D eigenvalue weighted by atomic mass is 9.73. The van der Waals surface area contributed by atoms with Gasteiger partial charge < -0.3 is 45.4 Å². The van der Waals surface area contributed by atoms with Crippen LogP contribution >= 0.6 is 23.1 Å². The summed E-state index contributed by atoms with van der Waals surface area (Å²) in [7, 11) is -11.1. The van der Waals surface area contributed by atoms with Crippen molar-refractivity contribution in [2.24, 2.45) is 10.8 Å². The summed E-state index contributed by atoms with van der Waals surface area (Å²) in [6.45, 7) is 24.8. The lowest BCUT2D eigenvalue weighted by Gasteiger charge is -2.39. The van der Waals surface area contributed by atoms with Crippen molar-refractivity contribution in [2.75, 3.05) is 101 Å². The summed E-state index contributed by atoms with van der Waals surface area (Å²) in [5.41, 5.74) is -1.69. The number of anilines is 2. The molecule has 4 aromatic carbocycles. The largest absolute Gasteiger partial charge is 0.501 e. The standard InChI is InChI=1S/C78H102F6N10O10S4/c1-51(70(79)80)17-18-56-46-76(7,8)29-27-57(56)47-92-38-40-93(41-39-92)59-22-19-54(20-23-59)71(96)89-108(102,103)62-24-26-64(67(45-62)107(100,101)78(82,83)84)87-58(49-105-61-15-11-9-12-16-61)28-33-91-36-34-90(35-37-91)32-13-10-14-42-104-66-43-55(68-53(3)85-50-106-68)21-25-63(66)52(2)86-72(97)65-44-60(95)48-94(65)73(98)69(75(4,5)6)88-74(99)77(81)30-31-77/h9,11-12,15-16,19-26,43,45,50,52,58,60,65,69-70,87,95H,1,10,13-14,17-18,27-42,44,46-49H2,2-8H3,(H,86,97)(H,88,99)(H,89,96)/t52?,58-,60-,65+,69-/m1/s1. The zero-order chi connectivity index (χ0) is 78.1. The van der Waals surface area contributed by atoms with Crippen molar-refractivity contribution in [3.05, 3.63) is 137 Å². The number of halogens is 6. The third-order valence-corrected chi connectivity index (χ3v) is 26.1. The fourth-order valence-electron chi connectivity index (χ4n) is 14.3. The second-order valence-electron chi connectivity index (χ2n) is 31.1. The number of thiazole rings is 1. The number of β-amino-alcohol motifs (C(OH)–C–C–N with tert-alkyl or cyclic N) is 1. The van der Waals surface area contributed by atoms with Crippen LogP contribution in [0.2, 0.25) is 0 Å². The summed E-state index contributed by atoms with van der Waals surface area (Å²) in [4.78, 5) is 69.2. The Morgan fingerprint density at radius 2 is 1.50 bits per heavy atom. The van der Waals surface area contributed by atoms with Crippen molar-refractivity contribution in [2.45, 2.75) is 188 Å². The molecule has 4 amide bonds. The van der Waals surface area contributed by atoms with E-state index in [2.05, 4.69) is 61.0 Å². The molecule has 5 aliphatic rings. The highest BCUT2D eigenvalue weighted by molar-refractivity contribution is 7.99. The number of amides is 4. The maximum Gasteiger partial charge on any atom is 0.501 e. The third-order valence-electron chi connectivity index (χ3n) is 21.1. The molecule has 10 rings (SSSR count). The zero-order valence-corrected chi connectivity index (χ0v) is 65.8. The lowest BCUT2D eigenvalue weighted by Crippen LogP contribution is -2.59. The summed E-state index contributed by atoms with van der Waals surface area (Å²) in [5.74, 6) is -2.18. The van der Waals surface area contributed by atoms with Crippen LogP contribution in [0.3, 0.4) is 0 Å². The Kier molecular flexibility index (Phi) is 27.4. The number of aryl methyl sites for hydroxylation is 1. The Bertz CT molecular complexity index is 4260. The van der Waals surface area contributed by atoms with Crippen LogP contribution in [0.25, 0.3) is 10.4 Å². The van der Waals surface area contributed by atoms with E-state index in [9.17, 15) is 67.5 Å². The molecule has 0 radical (unpaired) electrons. The van der Waals surface area contributed by atoms with E-state index in [1.165, 1.54) is 51.3 Å². The average Bonchev–Trinajstić information content (AvgIpc) is 0.840. The second-order valence-corrected chi connectivity index (χ2v) is 36.6. The molecule has 4 heterocycles. The molecular formula is C78H102F6N10O10S4. The number of unbranched alkanes of at least 4 members (excludes halogenated alkanes) is 2. The molecule has 3 aliphatic heterocycles. The first-order valence-electron chi connectivity index (χ1n) is 37.1. The molecule has 1 saturated carbocycles. The zero-order valence-electron chi connectivity index (χ0n) is 62.5. The van der Waals surface area contributed by atoms with Gasteiger partial charge in [-0.25, -0.2) is 39.7 Å². The van der Waals surface area contributed by atoms with Crippen LogP contribution in [-0.4, -0.2) is 203 Å². The minimum atomic E-state index is -6.18. The number of sulfone groups is 1. The number of allylic oxidation sites excluding steroid dienone is 2. The number of rotatable bonds is 33. The first kappa shape index (κ1) is 83.4. The molecule has 3 saturated heterocycles. The van der Waals surface area contributed by atoms with E-state index < -0.39 is 112 Å². The number of nitrogens with one attached hydrogen (secondary N) is 4. The minimum Gasteiger partial charge on any atom is -0.493 e. The van der Waals surface area contributed by atoms with Crippen LogP contribution in [0.15, 0.2) is 134 Å². The number of alkyl halides is 6. The molecule has 5 atom stereocenters.